The molecule has 2 atom stereocenters. The Morgan fingerprint density at radius 3 is 2.49 bits per heavy atom. The number of carbonyl (C=O) groups is 1. The van der Waals surface area contributed by atoms with Crippen LogP contribution in [0.15, 0.2) is 43.0 Å². The summed E-state index contributed by atoms with van der Waals surface area (Å²) >= 11 is 6.09. The molecule has 4 rings (SSSR count). The van der Waals surface area contributed by atoms with E-state index >= 15 is 0 Å². The summed E-state index contributed by atoms with van der Waals surface area (Å²) in [7, 11) is 0. The van der Waals surface area contributed by atoms with E-state index in [1.54, 1.807) is 6.92 Å². The van der Waals surface area contributed by atoms with E-state index in [1.807, 2.05) is 0 Å². The number of nitrogens with zero attached hydrogens (tertiary/aromatic N) is 6. The maximum absolute atomic E-state index is 14.5. The number of alkyl halides is 5. The Balaban J connectivity index is 1.61. The van der Waals surface area contributed by atoms with Crippen LogP contribution >= 0.6 is 11.6 Å². The third-order valence-corrected chi connectivity index (χ3v) is 5.85. The van der Waals surface area contributed by atoms with Crippen LogP contribution in [-0.2, 0) is 6.18 Å². The predicted molar refractivity (Wildman–Crippen MR) is 115 cm³/mol. The fourth-order valence-electron chi connectivity index (χ4n) is 3.99. The lowest BCUT2D eigenvalue weighted by atomic mass is 9.87. The van der Waals surface area contributed by atoms with Crippen molar-refractivity contribution in [2.75, 3.05) is 18.4 Å². The molecule has 3 heterocycles. The molecule has 0 saturated carbocycles. The molecule has 1 saturated heterocycles. The van der Waals surface area contributed by atoms with Gasteiger partial charge in [0.2, 0.25) is 5.95 Å². The van der Waals surface area contributed by atoms with Gasteiger partial charge in [-0.05, 0) is 24.1 Å². The lowest BCUT2D eigenvalue weighted by molar-refractivity contribution is -0.138. The second kappa shape index (κ2) is 9.36. The molecule has 0 radical (unpaired) electrons. The van der Waals surface area contributed by atoms with Crippen molar-refractivity contribution in [1.82, 2.24) is 29.9 Å². The third kappa shape index (κ3) is 5.50. The minimum absolute atomic E-state index is 0.0226. The minimum Gasteiger partial charge on any atom is -0.352 e. The van der Waals surface area contributed by atoms with Gasteiger partial charge < -0.3 is 10.2 Å². The summed E-state index contributed by atoms with van der Waals surface area (Å²) in [5.74, 6) is -4.64. The monoisotopic (exact) mass is 515 g/mol. The van der Waals surface area contributed by atoms with Gasteiger partial charge in [0.1, 0.15) is 0 Å². The van der Waals surface area contributed by atoms with Crippen LogP contribution in [-0.4, -0.2) is 60.8 Å². The predicted octanol–water partition coefficient (Wildman–Crippen LogP) is 4.33. The van der Waals surface area contributed by atoms with E-state index in [2.05, 4.69) is 25.5 Å². The van der Waals surface area contributed by atoms with Gasteiger partial charge in [-0.3, -0.25) is 4.79 Å². The Hall–Kier alpha value is -3.35. The van der Waals surface area contributed by atoms with Crippen LogP contribution in [0.5, 0.6) is 0 Å². The number of piperidine rings is 1. The number of nitrogens with one attached hydrogen (secondary N) is 1. The van der Waals surface area contributed by atoms with E-state index in [1.165, 1.54) is 35.4 Å². The summed E-state index contributed by atoms with van der Waals surface area (Å²) < 4.78 is 67.3. The molecule has 0 aliphatic carbocycles. The first-order valence-electron chi connectivity index (χ1n) is 10.4. The van der Waals surface area contributed by atoms with Gasteiger partial charge in [-0.2, -0.15) is 28.2 Å². The van der Waals surface area contributed by atoms with E-state index < -0.39 is 48.5 Å². The maximum Gasteiger partial charge on any atom is 0.419 e. The van der Waals surface area contributed by atoms with Gasteiger partial charge in [0.25, 0.3) is 11.8 Å². The van der Waals surface area contributed by atoms with Crippen LogP contribution in [0.1, 0.15) is 29.3 Å². The molecule has 1 amide bonds. The van der Waals surface area contributed by atoms with Crippen LogP contribution in [0.3, 0.4) is 0 Å². The Bertz CT molecular complexity index is 1190. The van der Waals surface area contributed by atoms with Crippen molar-refractivity contribution in [2.45, 2.75) is 31.5 Å². The average Bonchev–Trinajstić information content (AvgIpc) is 3.31. The molecule has 35 heavy (non-hydrogen) atoms. The molecule has 8 nitrogen and oxygen atoms in total. The highest BCUT2D eigenvalue weighted by atomic mass is 35.5. The number of benzene rings is 1. The zero-order chi connectivity index (χ0) is 25.4. The topological polar surface area (TPSA) is 88.8 Å². The van der Waals surface area contributed by atoms with Crippen molar-refractivity contribution >= 4 is 23.5 Å². The SMILES string of the molecule is C[C@@H]1CC(F)(F)CN(C(=O)c2cc(Cl)ccc2-n2nccn2)[C@@H]1CNc1ncc(C(F)(F)F)cn1. The van der Waals surface area contributed by atoms with Gasteiger partial charge in [-0.15, -0.1) is 0 Å². The van der Waals surface area contributed by atoms with Crippen molar-refractivity contribution in [1.29, 1.82) is 0 Å². The van der Waals surface area contributed by atoms with Crippen LogP contribution in [0, 0.1) is 5.92 Å². The zero-order valence-electron chi connectivity index (χ0n) is 18.2. The van der Waals surface area contributed by atoms with E-state index in [9.17, 15) is 26.7 Å². The van der Waals surface area contributed by atoms with Crippen LogP contribution in [0.4, 0.5) is 27.9 Å². The highest BCUT2D eigenvalue weighted by Gasteiger charge is 2.46. The summed E-state index contributed by atoms with van der Waals surface area (Å²) in [6.45, 7) is 0.653. The molecular weight excluding hydrogens is 497 g/mol. The zero-order valence-corrected chi connectivity index (χ0v) is 18.9. The first-order chi connectivity index (χ1) is 16.4. The van der Waals surface area contributed by atoms with Gasteiger partial charge in [0.15, 0.2) is 0 Å². The number of carbonyl (C=O) groups excluding carboxylic acids is 1. The van der Waals surface area contributed by atoms with Gasteiger partial charge in [0, 0.05) is 30.4 Å². The molecule has 1 fully saturated rings. The number of halogens is 6. The molecule has 1 N–H and O–H groups in total. The summed E-state index contributed by atoms with van der Waals surface area (Å²) in [6, 6.07) is 3.63. The van der Waals surface area contributed by atoms with E-state index in [0.29, 0.717) is 12.4 Å². The Morgan fingerprint density at radius 1 is 1.20 bits per heavy atom. The number of amides is 1. The van der Waals surface area contributed by atoms with Gasteiger partial charge in [-0.25, -0.2) is 18.7 Å². The minimum atomic E-state index is -4.59. The van der Waals surface area contributed by atoms with Gasteiger partial charge >= 0.3 is 6.18 Å². The average molecular weight is 516 g/mol. The quantitative estimate of drug-likeness (QED) is 0.509. The number of hydrogen-bond acceptors (Lipinski definition) is 6. The molecule has 0 spiro atoms. The van der Waals surface area contributed by atoms with E-state index in [-0.39, 0.29) is 28.8 Å². The van der Waals surface area contributed by atoms with Crippen molar-refractivity contribution < 1.29 is 26.7 Å². The van der Waals surface area contributed by atoms with Crippen LogP contribution in [0.2, 0.25) is 5.02 Å². The number of likely N-dealkylation sites (tertiary alicyclic amines) is 1. The number of anilines is 1. The summed E-state index contributed by atoms with van der Waals surface area (Å²) in [4.78, 5) is 23.0. The first kappa shape index (κ1) is 24.8. The standard InChI is InChI=1S/C21H19ClF5N7O/c1-12-7-20(23,24)11-33(17(12)10-30-19-28-8-13(9-29-19)21(25,26)27)18(35)15-6-14(22)2-3-16(15)34-31-4-5-32-34/h2-6,8-9,12,17H,7,10-11H2,1H3,(H,28,29,30)/t12-,17-/m1/s1. The fraction of sp³-hybridized carbons (Fsp3) is 0.381. The summed E-state index contributed by atoms with van der Waals surface area (Å²) in [5, 5.41) is 11.0. The Morgan fingerprint density at radius 2 is 1.86 bits per heavy atom. The Kier molecular flexibility index (Phi) is 6.62. The number of hydrogen-bond donors (Lipinski definition) is 1. The molecule has 0 unspecified atom stereocenters. The van der Waals surface area contributed by atoms with Crippen LogP contribution in [0.25, 0.3) is 5.69 Å². The second-order valence-electron chi connectivity index (χ2n) is 8.19. The number of rotatable bonds is 5. The first-order valence-corrected chi connectivity index (χ1v) is 10.8. The van der Waals surface area contributed by atoms with Crippen molar-refractivity contribution in [2.24, 2.45) is 5.92 Å². The maximum atomic E-state index is 14.5. The largest absolute Gasteiger partial charge is 0.419 e. The molecule has 1 aromatic carbocycles. The Labute approximate surface area is 201 Å². The summed E-state index contributed by atoms with van der Waals surface area (Å²) in [6.07, 6.45) is -1.03. The normalized spacial score (nSPS) is 20.0. The lowest BCUT2D eigenvalue weighted by Gasteiger charge is -2.43. The molecule has 0 bridgehead atoms. The molecule has 1 aliphatic rings. The lowest BCUT2D eigenvalue weighted by Crippen LogP contribution is -2.57. The smallest absolute Gasteiger partial charge is 0.352 e. The highest BCUT2D eigenvalue weighted by molar-refractivity contribution is 6.31. The third-order valence-electron chi connectivity index (χ3n) is 5.61. The molecular formula is C21H19ClF5N7O. The summed E-state index contributed by atoms with van der Waals surface area (Å²) in [5.41, 5.74) is -0.746. The molecule has 3 aromatic rings. The molecule has 1 aliphatic heterocycles. The van der Waals surface area contributed by atoms with Crippen molar-refractivity contribution in [3.8, 4) is 5.69 Å². The van der Waals surface area contributed by atoms with Crippen molar-refractivity contribution in [3.63, 3.8) is 0 Å². The molecule has 14 heteroatoms. The second-order valence-corrected chi connectivity index (χ2v) is 8.63. The fourth-order valence-corrected chi connectivity index (χ4v) is 4.16. The van der Waals surface area contributed by atoms with E-state index in [0.717, 1.165) is 4.90 Å². The molecule has 2 aromatic heterocycles. The highest BCUT2D eigenvalue weighted by Crippen LogP contribution is 2.36. The number of aromatic nitrogens is 5. The van der Waals surface area contributed by atoms with E-state index in [4.69, 9.17) is 11.6 Å². The van der Waals surface area contributed by atoms with Gasteiger partial charge in [-0.1, -0.05) is 18.5 Å². The van der Waals surface area contributed by atoms with Crippen LogP contribution < -0.4 is 5.32 Å². The van der Waals surface area contributed by atoms with Gasteiger partial charge in [0.05, 0.1) is 41.8 Å². The molecule has 186 valence electrons. The van der Waals surface area contributed by atoms with Crippen molar-refractivity contribution in [3.05, 3.63) is 59.1 Å².